The molecular weight excluding hydrogens is 346 g/mol. The fourth-order valence-electron chi connectivity index (χ4n) is 3.95. The molecule has 4 rings (SSSR count). The predicted octanol–water partition coefficient (Wildman–Crippen LogP) is 0.733. The second-order valence-corrected chi connectivity index (χ2v) is 8.21. The van der Waals surface area contributed by atoms with E-state index in [9.17, 15) is 14.4 Å². The highest BCUT2D eigenvalue weighted by Gasteiger charge is 2.42. The van der Waals surface area contributed by atoms with Crippen LogP contribution in [0.2, 0.25) is 0 Å². The third-order valence-corrected chi connectivity index (χ3v) is 5.61. The van der Waals surface area contributed by atoms with Gasteiger partial charge < -0.3 is 9.80 Å². The number of aromatic nitrogens is 3. The van der Waals surface area contributed by atoms with E-state index in [1.165, 1.54) is 4.52 Å². The van der Waals surface area contributed by atoms with Crippen LogP contribution < -0.4 is 5.56 Å². The number of hydrogen-bond donors (Lipinski definition) is 1. The second-order valence-electron chi connectivity index (χ2n) is 8.21. The largest absolute Gasteiger partial charge is 0.338 e. The Morgan fingerprint density at radius 1 is 1.30 bits per heavy atom. The molecule has 0 spiro atoms. The van der Waals surface area contributed by atoms with E-state index >= 15 is 0 Å². The first kappa shape index (κ1) is 17.8. The molecule has 1 aliphatic carbocycles. The molecule has 0 aromatic carbocycles. The van der Waals surface area contributed by atoms with Crippen molar-refractivity contribution in [2.75, 3.05) is 19.6 Å². The van der Waals surface area contributed by atoms with Crippen molar-refractivity contribution in [2.24, 2.45) is 5.92 Å². The van der Waals surface area contributed by atoms with Crippen molar-refractivity contribution >= 4 is 17.5 Å². The summed E-state index contributed by atoms with van der Waals surface area (Å²) in [5.74, 6) is 0.294. The molecule has 0 unspecified atom stereocenters. The number of nitrogens with zero attached hydrogens (tertiary/aromatic N) is 4. The van der Waals surface area contributed by atoms with Crippen LogP contribution in [0.4, 0.5) is 0 Å². The Bertz CT molecular complexity index is 969. The highest BCUT2D eigenvalue weighted by atomic mass is 16.2. The molecule has 2 aromatic rings. The third-order valence-electron chi connectivity index (χ3n) is 5.61. The minimum absolute atomic E-state index is 0.0135. The zero-order valence-corrected chi connectivity index (χ0v) is 16.0. The number of rotatable bonds is 3. The summed E-state index contributed by atoms with van der Waals surface area (Å²) in [5, 5.41) is 2.83. The Kier molecular flexibility index (Phi) is 4.09. The van der Waals surface area contributed by atoms with Crippen molar-refractivity contribution in [3.8, 4) is 0 Å². The monoisotopic (exact) mass is 371 g/mol. The maximum Gasteiger partial charge on any atom is 0.276 e. The summed E-state index contributed by atoms with van der Waals surface area (Å²) in [4.78, 5) is 46.2. The first-order valence-electron chi connectivity index (χ1n) is 9.43. The Morgan fingerprint density at radius 3 is 2.70 bits per heavy atom. The van der Waals surface area contributed by atoms with Gasteiger partial charge in [-0.25, -0.2) is 9.50 Å². The van der Waals surface area contributed by atoms with Crippen LogP contribution in [0, 0.1) is 12.8 Å². The Labute approximate surface area is 157 Å². The molecule has 2 aliphatic rings. The van der Waals surface area contributed by atoms with Crippen molar-refractivity contribution in [3.05, 3.63) is 33.9 Å². The molecule has 2 amide bonds. The summed E-state index contributed by atoms with van der Waals surface area (Å²) in [7, 11) is 0. The van der Waals surface area contributed by atoms with Gasteiger partial charge in [-0.15, -0.1) is 0 Å². The van der Waals surface area contributed by atoms with Gasteiger partial charge in [-0.1, -0.05) is 0 Å². The lowest BCUT2D eigenvalue weighted by atomic mass is 9.97. The van der Waals surface area contributed by atoms with Gasteiger partial charge in [-0.2, -0.15) is 0 Å². The second kappa shape index (κ2) is 6.21. The molecule has 0 atom stereocenters. The molecule has 8 nitrogen and oxygen atoms in total. The van der Waals surface area contributed by atoms with Gasteiger partial charge >= 0.3 is 0 Å². The molecule has 3 heterocycles. The molecule has 0 bridgehead atoms. The smallest absolute Gasteiger partial charge is 0.276 e. The predicted molar refractivity (Wildman–Crippen MR) is 99.3 cm³/mol. The van der Waals surface area contributed by atoms with Gasteiger partial charge in [-0.3, -0.25) is 19.5 Å². The maximum absolute atomic E-state index is 13.0. The molecule has 2 fully saturated rings. The normalized spacial score (nSPS) is 19.5. The van der Waals surface area contributed by atoms with Gasteiger partial charge in [0.1, 0.15) is 0 Å². The first-order valence-corrected chi connectivity index (χ1v) is 9.43. The number of carbonyl (C=O) groups is 2. The summed E-state index contributed by atoms with van der Waals surface area (Å²) >= 11 is 0. The first-order chi connectivity index (χ1) is 12.8. The van der Waals surface area contributed by atoms with E-state index < -0.39 is 5.54 Å². The number of nitrogens with one attached hydrogen (secondary N) is 1. The minimum Gasteiger partial charge on any atom is -0.338 e. The molecule has 1 aliphatic heterocycles. The molecule has 27 heavy (non-hydrogen) atoms. The number of fused-ring (bicyclic) bond motifs is 1. The van der Waals surface area contributed by atoms with Crippen molar-refractivity contribution in [2.45, 2.75) is 45.6 Å². The molecule has 144 valence electrons. The van der Waals surface area contributed by atoms with Crippen LogP contribution in [0.25, 0.3) is 5.65 Å². The van der Waals surface area contributed by atoms with Crippen molar-refractivity contribution < 1.29 is 9.59 Å². The van der Waals surface area contributed by atoms with E-state index in [0.717, 1.165) is 12.8 Å². The fraction of sp³-hybridized carbons (Fsp3) is 0.579. The van der Waals surface area contributed by atoms with Crippen molar-refractivity contribution in [3.63, 3.8) is 0 Å². The van der Waals surface area contributed by atoms with Crippen LogP contribution in [-0.4, -0.2) is 61.4 Å². The topological polar surface area (TPSA) is 90.8 Å². The van der Waals surface area contributed by atoms with Crippen LogP contribution in [-0.2, 0) is 16.0 Å². The van der Waals surface area contributed by atoms with Gasteiger partial charge in [0.25, 0.3) is 5.56 Å². The SMILES string of the molecule is Cc1nc2cc[nH]n2c(=O)c1CC(=O)N1CCN(C(=O)C2CC2)CC1(C)C. The standard InChI is InChI=1S/C19H25N5O3/c1-12-14(18(27)24-15(21-12)6-7-20-24)10-16(25)23-9-8-22(11-19(23,2)3)17(26)13-4-5-13/h6-7,13,20H,4-5,8-11H2,1-3H3. The van der Waals surface area contributed by atoms with Crippen LogP contribution in [0.1, 0.15) is 37.9 Å². The molecular formula is C19H25N5O3. The molecule has 1 saturated heterocycles. The highest BCUT2D eigenvalue weighted by Crippen LogP contribution is 2.33. The minimum atomic E-state index is -0.464. The Hall–Kier alpha value is -2.64. The van der Waals surface area contributed by atoms with Gasteiger partial charge in [-0.05, 0) is 33.6 Å². The zero-order valence-electron chi connectivity index (χ0n) is 16.0. The third kappa shape index (κ3) is 3.13. The highest BCUT2D eigenvalue weighted by molar-refractivity contribution is 5.83. The van der Waals surface area contributed by atoms with E-state index in [-0.39, 0.29) is 29.7 Å². The quantitative estimate of drug-likeness (QED) is 0.861. The average molecular weight is 371 g/mol. The maximum atomic E-state index is 13.0. The number of aromatic amines is 1. The van der Waals surface area contributed by atoms with Gasteiger partial charge in [0.15, 0.2) is 5.65 Å². The lowest BCUT2D eigenvalue weighted by molar-refractivity contribution is -0.147. The van der Waals surface area contributed by atoms with E-state index in [0.29, 0.717) is 36.5 Å². The van der Waals surface area contributed by atoms with Crippen LogP contribution in [0.15, 0.2) is 17.1 Å². The lowest BCUT2D eigenvalue weighted by Crippen LogP contribution is -2.62. The van der Waals surface area contributed by atoms with E-state index in [4.69, 9.17) is 0 Å². The van der Waals surface area contributed by atoms with Crippen LogP contribution in [0.5, 0.6) is 0 Å². The van der Waals surface area contributed by atoms with Gasteiger partial charge in [0.05, 0.1) is 12.0 Å². The number of H-pyrrole nitrogens is 1. The number of piperazine rings is 1. The summed E-state index contributed by atoms with van der Waals surface area (Å²) in [6.45, 7) is 7.28. The molecule has 1 saturated carbocycles. The van der Waals surface area contributed by atoms with E-state index in [1.54, 1.807) is 24.1 Å². The van der Waals surface area contributed by atoms with Gasteiger partial charge in [0.2, 0.25) is 11.8 Å². The average Bonchev–Trinajstić information content (AvgIpc) is 3.35. The molecule has 2 aromatic heterocycles. The van der Waals surface area contributed by atoms with Gasteiger partial charge in [0, 0.05) is 49.1 Å². The number of amides is 2. The molecule has 8 heteroatoms. The van der Waals surface area contributed by atoms with E-state index in [2.05, 4.69) is 10.1 Å². The van der Waals surface area contributed by atoms with E-state index in [1.807, 2.05) is 18.7 Å². The number of aryl methyl sites for hydroxylation is 1. The Balaban J connectivity index is 1.53. The van der Waals surface area contributed by atoms with Crippen molar-refractivity contribution in [1.29, 1.82) is 0 Å². The number of carbonyl (C=O) groups excluding carboxylic acids is 2. The molecule has 1 N–H and O–H groups in total. The van der Waals surface area contributed by atoms with Crippen LogP contribution in [0.3, 0.4) is 0 Å². The summed E-state index contributed by atoms with van der Waals surface area (Å²) in [5.41, 5.74) is 0.825. The summed E-state index contributed by atoms with van der Waals surface area (Å²) in [6.07, 6.45) is 3.62. The molecule has 0 radical (unpaired) electrons. The Morgan fingerprint density at radius 2 is 2.04 bits per heavy atom. The summed E-state index contributed by atoms with van der Waals surface area (Å²) in [6, 6.07) is 1.72. The number of hydrogen-bond acceptors (Lipinski definition) is 4. The van der Waals surface area contributed by atoms with Crippen molar-refractivity contribution in [1.82, 2.24) is 24.4 Å². The lowest BCUT2D eigenvalue weighted by Gasteiger charge is -2.47. The van der Waals surface area contributed by atoms with Crippen LogP contribution >= 0.6 is 0 Å². The fourth-order valence-corrected chi connectivity index (χ4v) is 3.95. The zero-order chi connectivity index (χ0) is 19.3. The summed E-state index contributed by atoms with van der Waals surface area (Å²) < 4.78 is 1.35.